The summed E-state index contributed by atoms with van der Waals surface area (Å²) < 4.78 is 5.88. The van der Waals surface area contributed by atoms with Gasteiger partial charge in [0.25, 0.3) is 0 Å². The average Bonchev–Trinajstić information content (AvgIpc) is 2.71. The van der Waals surface area contributed by atoms with E-state index in [1.165, 1.54) is 24.0 Å². The van der Waals surface area contributed by atoms with Crippen LogP contribution in [0, 0.1) is 5.41 Å². The Morgan fingerprint density at radius 2 is 2.11 bits per heavy atom. The van der Waals surface area contributed by atoms with Crippen LogP contribution in [-0.2, 0) is 6.42 Å². The number of benzene rings is 1. The molecule has 0 spiro atoms. The van der Waals surface area contributed by atoms with Crippen molar-refractivity contribution in [3.8, 4) is 5.75 Å². The molecule has 0 bridgehead atoms. The van der Waals surface area contributed by atoms with E-state index in [1.54, 1.807) is 0 Å². The second kappa shape index (κ2) is 5.96. The van der Waals surface area contributed by atoms with Gasteiger partial charge in [0.05, 0.1) is 6.61 Å². The Bertz CT molecular complexity index is 420. The lowest BCUT2D eigenvalue weighted by atomic mass is 9.93. The van der Waals surface area contributed by atoms with E-state index in [9.17, 15) is 0 Å². The van der Waals surface area contributed by atoms with Gasteiger partial charge in [0, 0.05) is 6.04 Å². The number of aryl methyl sites for hydroxylation is 1. The van der Waals surface area contributed by atoms with Crippen molar-refractivity contribution in [3.63, 3.8) is 0 Å². The normalized spacial score (nSPS) is 18.4. The molecule has 0 fully saturated rings. The SMILES string of the molecule is CCNC1CCc2cc(OCCC(C)(C)C)ccc21. The number of ether oxygens (including phenoxy) is 1. The van der Waals surface area contributed by atoms with Crippen LogP contribution in [0.15, 0.2) is 18.2 Å². The summed E-state index contributed by atoms with van der Waals surface area (Å²) in [6, 6.07) is 7.14. The van der Waals surface area contributed by atoms with E-state index in [0.29, 0.717) is 11.5 Å². The lowest BCUT2D eigenvalue weighted by molar-refractivity contribution is 0.243. The Morgan fingerprint density at radius 1 is 1.32 bits per heavy atom. The summed E-state index contributed by atoms with van der Waals surface area (Å²) in [4.78, 5) is 0. The molecule has 0 saturated carbocycles. The minimum atomic E-state index is 0.340. The zero-order valence-corrected chi connectivity index (χ0v) is 12.8. The first-order valence-corrected chi connectivity index (χ1v) is 7.48. The van der Waals surface area contributed by atoms with Crippen LogP contribution < -0.4 is 10.1 Å². The molecule has 0 amide bonds. The average molecular weight is 261 g/mol. The zero-order chi connectivity index (χ0) is 13.9. The fourth-order valence-corrected chi connectivity index (χ4v) is 2.62. The van der Waals surface area contributed by atoms with E-state index in [0.717, 1.165) is 25.3 Å². The molecule has 1 aromatic rings. The smallest absolute Gasteiger partial charge is 0.119 e. The predicted octanol–water partition coefficient (Wildman–Crippen LogP) is 4.10. The first-order valence-electron chi connectivity index (χ1n) is 7.48. The molecule has 1 aliphatic rings. The van der Waals surface area contributed by atoms with Crippen LogP contribution in [0.4, 0.5) is 0 Å². The lowest BCUT2D eigenvalue weighted by Gasteiger charge is -2.18. The molecule has 19 heavy (non-hydrogen) atoms. The first-order chi connectivity index (χ1) is 8.99. The van der Waals surface area contributed by atoms with E-state index < -0.39 is 0 Å². The summed E-state index contributed by atoms with van der Waals surface area (Å²) >= 11 is 0. The highest BCUT2D eigenvalue weighted by molar-refractivity contribution is 5.40. The number of rotatable bonds is 5. The van der Waals surface area contributed by atoms with Crippen LogP contribution in [0.1, 0.15) is 57.7 Å². The molecule has 1 N–H and O–H groups in total. The molecule has 106 valence electrons. The quantitative estimate of drug-likeness (QED) is 0.861. The summed E-state index contributed by atoms with van der Waals surface area (Å²) in [7, 11) is 0. The van der Waals surface area contributed by atoms with Crippen LogP contribution in [-0.4, -0.2) is 13.2 Å². The zero-order valence-electron chi connectivity index (χ0n) is 12.8. The molecule has 1 aromatic carbocycles. The van der Waals surface area contributed by atoms with Crippen molar-refractivity contribution in [1.82, 2.24) is 5.32 Å². The van der Waals surface area contributed by atoms with Gasteiger partial charge in [0.2, 0.25) is 0 Å². The molecule has 0 heterocycles. The molecule has 1 atom stereocenters. The molecule has 0 aliphatic heterocycles. The molecule has 1 aliphatic carbocycles. The second-order valence-corrected chi connectivity index (χ2v) is 6.67. The van der Waals surface area contributed by atoms with Gasteiger partial charge in [0.1, 0.15) is 5.75 Å². The molecular weight excluding hydrogens is 234 g/mol. The minimum absolute atomic E-state index is 0.340. The van der Waals surface area contributed by atoms with Crippen molar-refractivity contribution in [1.29, 1.82) is 0 Å². The van der Waals surface area contributed by atoms with Gasteiger partial charge < -0.3 is 10.1 Å². The lowest BCUT2D eigenvalue weighted by Crippen LogP contribution is -2.18. The standard InChI is InChI=1S/C17H27NO/c1-5-18-16-9-6-13-12-14(7-8-15(13)16)19-11-10-17(2,3)4/h7-8,12,16,18H,5-6,9-11H2,1-4H3. The number of nitrogens with one attached hydrogen (secondary N) is 1. The molecule has 1 unspecified atom stereocenters. The summed E-state index contributed by atoms with van der Waals surface area (Å²) in [5, 5.41) is 3.54. The van der Waals surface area contributed by atoms with Crippen molar-refractivity contribution in [2.24, 2.45) is 5.41 Å². The van der Waals surface area contributed by atoms with E-state index in [1.807, 2.05) is 0 Å². The van der Waals surface area contributed by atoms with Gasteiger partial charge >= 0.3 is 0 Å². The molecule has 0 aromatic heterocycles. The van der Waals surface area contributed by atoms with Crippen molar-refractivity contribution in [2.75, 3.05) is 13.2 Å². The van der Waals surface area contributed by atoms with Gasteiger partial charge in [-0.2, -0.15) is 0 Å². The minimum Gasteiger partial charge on any atom is -0.494 e. The first kappa shape index (κ1) is 14.4. The number of hydrogen-bond donors (Lipinski definition) is 1. The maximum Gasteiger partial charge on any atom is 0.119 e. The third kappa shape index (κ3) is 3.97. The van der Waals surface area contributed by atoms with Gasteiger partial charge in [-0.25, -0.2) is 0 Å². The summed E-state index contributed by atoms with van der Waals surface area (Å²) in [5.41, 5.74) is 3.26. The highest BCUT2D eigenvalue weighted by Crippen LogP contribution is 2.33. The van der Waals surface area contributed by atoms with E-state index in [4.69, 9.17) is 4.74 Å². The van der Waals surface area contributed by atoms with E-state index >= 15 is 0 Å². The van der Waals surface area contributed by atoms with Gasteiger partial charge in [0.15, 0.2) is 0 Å². The third-order valence-corrected chi connectivity index (χ3v) is 3.76. The molecule has 0 saturated heterocycles. The Hall–Kier alpha value is -1.02. The molecule has 2 rings (SSSR count). The van der Waals surface area contributed by atoms with E-state index in [-0.39, 0.29) is 0 Å². The summed E-state index contributed by atoms with van der Waals surface area (Å²) in [6.45, 7) is 10.8. The third-order valence-electron chi connectivity index (χ3n) is 3.76. The molecule has 2 nitrogen and oxygen atoms in total. The summed E-state index contributed by atoms with van der Waals surface area (Å²) in [5.74, 6) is 1.03. The van der Waals surface area contributed by atoms with E-state index in [2.05, 4.69) is 51.2 Å². The molecule has 2 heteroatoms. The van der Waals surface area contributed by atoms with Gasteiger partial charge in [-0.1, -0.05) is 33.8 Å². The highest BCUT2D eigenvalue weighted by atomic mass is 16.5. The molecular formula is C17H27NO. The Morgan fingerprint density at radius 3 is 2.79 bits per heavy atom. The van der Waals surface area contributed by atoms with Gasteiger partial charge in [-0.15, -0.1) is 0 Å². The van der Waals surface area contributed by atoms with Crippen molar-refractivity contribution in [2.45, 2.75) is 53.0 Å². The number of hydrogen-bond acceptors (Lipinski definition) is 2. The highest BCUT2D eigenvalue weighted by Gasteiger charge is 2.21. The largest absolute Gasteiger partial charge is 0.494 e. The Labute approximate surface area is 117 Å². The van der Waals surface area contributed by atoms with Gasteiger partial charge in [-0.05, 0) is 54.5 Å². The summed E-state index contributed by atoms with van der Waals surface area (Å²) in [6.07, 6.45) is 3.47. The second-order valence-electron chi connectivity index (χ2n) is 6.67. The Kier molecular flexibility index (Phi) is 4.51. The predicted molar refractivity (Wildman–Crippen MR) is 80.7 cm³/mol. The maximum absolute atomic E-state index is 5.88. The topological polar surface area (TPSA) is 21.3 Å². The fourth-order valence-electron chi connectivity index (χ4n) is 2.62. The van der Waals surface area contributed by atoms with Crippen molar-refractivity contribution in [3.05, 3.63) is 29.3 Å². The van der Waals surface area contributed by atoms with Crippen LogP contribution >= 0.6 is 0 Å². The monoisotopic (exact) mass is 261 g/mol. The Balaban J connectivity index is 1.95. The molecule has 0 radical (unpaired) electrons. The van der Waals surface area contributed by atoms with Crippen LogP contribution in [0.25, 0.3) is 0 Å². The van der Waals surface area contributed by atoms with Crippen molar-refractivity contribution >= 4 is 0 Å². The van der Waals surface area contributed by atoms with Crippen LogP contribution in [0.5, 0.6) is 5.75 Å². The van der Waals surface area contributed by atoms with Crippen LogP contribution in [0.3, 0.4) is 0 Å². The maximum atomic E-state index is 5.88. The van der Waals surface area contributed by atoms with Crippen molar-refractivity contribution < 1.29 is 4.74 Å². The van der Waals surface area contributed by atoms with Crippen LogP contribution in [0.2, 0.25) is 0 Å². The number of fused-ring (bicyclic) bond motifs is 1. The fraction of sp³-hybridized carbons (Fsp3) is 0.647. The van der Waals surface area contributed by atoms with Gasteiger partial charge in [-0.3, -0.25) is 0 Å².